The van der Waals surface area contributed by atoms with Crippen LogP contribution in [-0.2, 0) is 4.74 Å². The van der Waals surface area contributed by atoms with E-state index in [0.29, 0.717) is 5.69 Å². The number of rotatable bonds is 2. The van der Waals surface area contributed by atoms with Crippen molar-refractivity contribution in [2.75, 3.05) is 0 Å². The minimum Gasteiger partial charge on any atom is -0.448 e. The van der Waals surface area contributed by atoms with Crippen LogP contribution in [0.1, 0.15) is 27.7 Å². The molecule has 0 N–H and O–H groups in total. The van der Waals surface area contributed by atoms with Crippen LogP contribution in [0.3, 0.4) is 0 Å². The van der Waals surface area contributed by atoms with E-state index in [9.17, 15) is 4.79 Å². The molecule has 4 rings (SSSR count). The maximum atomic E-state index is 12.3. The Kier molecular flexibility index (Phi) is 2.97. The van der Waals surface area contributed by atoms with E-state index < -0.39 is 5.97 Å². The molecule has 3 nitrogen and oxygen atoms in total. The van der Waals surface area contributed by atoms with Crippen molar-refractivity contribution in [3.05, 3.63) is 89.7 Å². The Balaban J connectivity index is 1.74. The summed E-state index contributed by atoms with van der Waals surface area (Å²) in [5.74, 6) is -0.405. The molecule has 1 aliphatic rings. The van der Waals surface area contributed by atoms with Gasteiger partial charge in [0.2, 0.25) is 0 Å². The zero-order valence-electron chi connectivity index (χ0n) is 11.8. The monoisotopic (exact) mass is 287 g/mol. The number of nitrogens with zero attached hydrogens (tertiary/aromatic N) is 1. The zero-order chi connectivity index (χ0) is 14.9. The number of hydrogen-bond donors (Lipinski definition) is 0. The Hall–Kier alpha value is -2.94. The third kappa shape index (κ3) is 1.99. The van der Waals surface area contributed by atoms with Crippen LogP contribution in [0, 0.1) is 0 Å². The van der Waals surface area contributed by atoms with E-state index >= 15 is 0 Å². The summed E-state index contributed by atoms with van der Waals surface area (Å²) in [7, 11) is 0. The predicted molar refractivity (Wildman–Crippen MR) is 83.4 cm³/mol. The van der Waals surface area contributed by atoms with Crippen LogP contribution in [0.2, 0.25) is 0 Å². The normalized spacial score (nSPS) is 12.5. The fraction of sp³-hybridized carbons (Fsp3) is 0.0526. The predicted octanol–water partition coefficient (Wildman–Crippen LogP) is 4.01. The van der Waals surface area contributed by atoms with Crippen molar-refractivity contribution in [2.24, 2.45) is 0 Å². The van der Waals surface area contributed by atoms with Gasteiger partial charge in [-0.05, 0) is 23.3 Å². The Morgan fingerprint density at radius 3 is 2.00 bits per heavy atom. The maximum Gasteiger partial charge on any atom is 0.357 e. The number of esters is 1. The number of carbonyl (C=O) groups is 1. The first-order chi connectivity index (χ1) is 10.8. The van der Waals surface area contributed by atoms with Gasteiger partial charge < -0.3 is 4.74 Å². The summed E-state index contributed by atoms with van der Waals surface area (Å²) in [5.41, 5.74) is 4.61. The Morgan fingerprint density at radius 2 is 1.41 bits per heavy atom. The van der Waals surface area contributed by atoms with Crippen LogP contribution in [0.5, 0.6) is 0 Å². The summed E-state index contributed by atoms with van der Waals surface area (Å²) < 4.78 is 5.75. The molecule has 0 amide bonds. The second kappa shape index (κ2) is 5.11. The lowest BCUT2D eigenvalue weighted by atomic mass is 10.1. The number of carbonyl (C=O) groups excluding carboxylic acids is 1. The lowest BCUT2D eigenvalue weighted by Gasteiger charge is -2.14. The van der Waals surface area contributed by atoms with E-state index in [4.69, 9.17) is 4.74 Å². The average Bonchev–Trinajstić information content (AvgIpc) is 2.90. The Labute approximate surface area is 128 Å². The van der Waals surface area contributed by atoms with Crippen molar-refractivity contribution in [1.82, 2.24) is 4.98 Å². The molecule has 0 unspecified atom stereocenters. The molecule has 0 atom stereocenters. The van der Waals surface area contributed by atoms with Crippen LogP contribution < -0.4 is 0 Å². The second-order valence-electron chi connectivity index (χ2n) is 5.17. The average molecular weight is 287 g/mol. The summed E-state index contributed by atoms with van der Waals surface area (Å²) in [6.07, 6.45) is 1.22. The van der Waals surface area contributed by atoms with Crippen LogP contribution in [0.25, 0.3) is 11.1 Å². The molecule has 0 fully saturated rings. The van der Waals surface area contributed by atoms with Gasteiger partial charge in [-0.1, -0.05) is 54.6 Å². The minimum absolute atomic E-state index is 0.323. The molecular weight excluding hydrogens is 274 g/mol. The van der Waals surface area contributed by atoms with Crippen molar-refractivity contribution in [3.8, 4) is 11.1 Å². The van der Waals surface area contributed by atoms with E-state index in [1.54, 1.807) is 24.4 Å². The lowest BCUT2D eigenvalue weighted by molar-refractivity contribution is 0.0378. The molecule has 0 spiro atoms. The first kappa shape index (κ1) is 12.8. The molecular formula is C19H13NO2. The first-order valence-electron chi connectivity index (χ1n) is 7.15. The van der Waals surface area contributed by atoms with Crippen LogP contribution >= 0.6 is 0 Å². The summed E-state index contributed by atoms with van der Waals surface area (Å²) in [4.78, 5) is 16.4. The van der Waals surface area contributed by atoms with Gasteiger partial charge in [0.05, 0.1) is 0 Å². The van der Waals surface area contributed by atoms with Gasteiger partial charge in [-0.25, -0.2) is 9.78 Å². The van der Waals surface area contributed by atoms with Crippen LogP contribution in [0.4, 0.5) is 0 Å². The highest BCUT2D eigenvalue weighted by atomic mass is 16.5. The number of fused-ring (bicyclic) bond motifs is 3. The smallest absolute Gasteiger partial charge is 0.357 e. The van der Waals surface area contributed by atoms with Crippen LogP contribution in [0.15, 0.2) is 72.9 Å². The van der Waals surface area contributed by atoms with Gasteiger partial charge in [0.1, 0.15) is 5.69 Å². The van der Waals surface area contributed by atoms with Gasteiger partial charge in [0.25, 0.3) is 0 Å². The summed E-state index contributed by atoms with van der Waals surface area (Å²) in [5, 5.41) is 0. The molecule has 0 saturated carbocycles. The largest absolute Gasteiger partial charge is 0.448 e. The van der Waals surface area contributed by atoms with Gasteiger partial charge in [-0.15, -0.1) is 0 Å². The highest BCUT2D eigenvalue weighted by molar-refractivity contribution is 5.88. The van der Waals surface area contributed by atoms with Gasteiger partial charge in [0, 0.05) is 17.3 Å². The molecule has 1 heterocycles. The fourth-order valence-corrected chi connectivity index (χ4v) is 2.89. The molecule has 1 aromatic heterocycles. The minimum atomic E-state index is -0.405. The van der Waals surface area contributed by atoms with E-state index in [2.05, 4.69) is 17.1 Å². The molecule has 0 saturated heterocycles. The third-order valence-electron chi connectivity index (χ3n) is 3.88. The van der Waals surface area contributed by atoms with Crippen LogP contribution in [-0.4, -0.2) is 11.0 Å². The maximum absolute atomic E-state index is 12.3. The number of benzene rings is 2. The quantitative estimate of drug-likeness (QED) is 0.668. The van der Waals surface area contributed by atoms with E-state index in [-0.39, 0.29) is 6.10 Å². The van der Waals surface area contributed by atoms with Crippen molar-refractivity contribution in [1.29, 1.82) is 0 Å². The van der Waals surface area contributed by atoms with Gasteiger partial charge in [-0.2, -0.15) is 0 Å². The third-order valence-corrected chi connectivity index (χ3v) is 3.88. The molecule has 3 aromatic rings. The second-order valence-corrected chi connectivity index (χ2v) is 5.17. The Morgan fingerprint density at radius 1 is 0.818 bits per heavy atom. The standard InChI is InChI=1S/C19H13NO2/c21-19(17-11-5-6-12-20-17)22-18-15-9-3-1-7-13(15)14-8-2-4-10-16(14)18/h1-12,18H. The number of hydrogen-bond acceptors (Lipinski definition) is 3. The van der Waals surface area contributed by atoms with Gasteiger partial charge in [-0.3, -0.25) is 0 Å². The van der Waals surface area contributed by atoms with E-state index in [0.717, 1.165) is 22.3 Å². The zero-order valence-corrected chi connectivity index (χ0v) is 11.8. The molecule has 0 aliphatic heterocycles. The highest BCUT2D eigenvalue weighted by Gasteiger charge is 2.31. The molecule has 22 heavy (non-hydrogen) atoms. The van der Waals surface area contributed by atoms with Crippen molar-refractivity contribution in [3.63, 3.8) is 0 Å². The van der Waals surface area contributed by atoms with Gasteiger partial charge >= 0.3 is 5.97 Å². The summed E-state index contributed by atoms with van der Waals surface area (Å²) in [6, 6.07) is 21.3. The van der Waals surface area contributed by atoms with E-state index in [1.165, 1.54) is 0 Å². The number of ether oxygens (including phenoxy) is 1. The molecule has 0 bridgehead atoms. The van der Waals surface area contributed by atoms with Crippen molar-refractivity contribution < 1.29 is 9.53 Å². The molecule has 3 heteroatoms. The number of aromatic nitrogens is 1. The summed E-state index contributed by atoms with van der Waals surface area (Å²) in [6.45, 7) is 0. The number of pyridine rings is 1. The fourth-order valence-electron chi connectivity index (χ4n) is 2.89. The Bertz CT molecular complexity index is 797. The van der Waals surface area contributed by atoms with Crippen molar-refractivity contribution in [2.45, 2.75) is 6.10 Å². The highest BCUT2D eigenvalue weighted by Crippen LogP contribution is 2.45. The molecule has 2 aromatic carbocycles. The van der Waals surface area contributed by atoms with Crippen molar-refractivity contribution >= 4 is 5.97 Å². The lowest BCUT2D eigenvalue weighted by Crippen LogP contribution is -2.12. The molecule has 1 aliphatic carbocycles. The first-order valence-corrected chi connectivity index (χ1v) is 7.15. The topological polar surface area (TPSA) is 39.2 Å². The molecule has 106 valence electrons. The SMILES string of the molecule is O=C(OC1c2ccccc2-c2ccccc21)c1ccccn1. The summed E-state index contributed by atoms with van der Waals surface area (Å²) >= 11 is 0. The van der Waals surface area contributed by atoms with Gasteiger partial charge in [0.15, 0.2) is 6.10 Å². The van der Waals surface area contributed by atoms with E-state index in [1.807, 2.05) is 36.4 Å². The molecule has 0 radical (unpaired) electrons.